The monoisotopic (exact) mass is 592 g/mol. The van der Waals surface area contributed by atoms with Crippen molar-refractivity contribution in [2.24, 2.45) is 5.92 Å². The van der Waals surface area contributed by atoms with Gasteiger partial charge in [0.05, 0.1) is 0 Å². The van der Waals surface area contributed by atoms with Gasteiger partial charge in [0.25, 0.3) is 0 Å². The van der Waals surface area contributed by atoms with Gasteiger partial charge in [-0.25, -0.2) is 0 Å². The standard InChI is InChI=1S/C37H39OP3/c1-32-18-16-17-27-37(32)41(38,36-25-14-7-15-26-36)31-29-39(2,33-19-8-4-9-20-33)28-30-40(3,34-21-10-5-11-22-34)35-23-12-6-13-24-35/h4-15,17-27,32H,2-3,28-31H2,1H3. The summed E-state index contributed by atoms with van der Waals surface area (Å²) in [6.45, 7) is -1.72. The van der Waals surface area contributed by atoms with Crippen LogP contribution in [-0.2, 0) is 4.57 Å². The second kappa shape index (κ2) is 12.9. The van der Waals surface area contributed by atoms with E-state index in [1.807, 2.05) is 48.6 Å². The molecule has 5 rings (SSSR count). The Morgan fingerprint density at radius 3 is 1.54 bits per heavy atom. The highest BCUT2D eigenvalue weighted by Crippen LogP contribution is 2.60. The van der Waals surface area contributed by atoms with Crippen molar-refractivity contribution in [3.05, 3.63) is 151 Å². The van der Waals surface area contributed by atoms with Gasteiger partial charge in [0.1, 0.15) is 7.14 Å². The van der Waals surface area contributed by atoms with Crippen molar-refractivity contribution in [2.45, 2.75) is 6.92 Å². The summed E-state index contributed by atoms with van der Waals surface area (Å²) in [6.07, 6.45) is 19.3. The lowest BCUT2D eigenvalue weighted by Crippen LogP contribution is -2.24. The minimum absolute atomic E-state index is 0.0925. The van der Waals surface area contributed by atoms with E-state index in [1.54, 1.807) is 0 Å². The number of hydrogen-bond acceptors (Lipinski definition) is 1. The van der Waals surface area contributed by atoms with Crippen LogP contribution in [0.25, 0.3) is 0 Å². The Hall–Kier alpha value is -3.03. The highest BCUT2D eigenvalue weighted by molar-refractivity contribution is 7.89. The molecule has 4 aromatic carbocycles. The van der Waals surface area contributed by atoms with E-state index in [0.29, 0.717) is 6.16 Å². The number of rotatable bonds is 11. The molecule has 0 radical (unpaired) electrons. The minimum atomic E-state index is -2.86. The Morgan fingerprint density at radius 1 is 0.610 bits per heavy atom. The summed E-state index contributed by atoms with van der Waals surface area (Å²) in [7, 11) is -2.86. The Labute approximate surface area is 246 Å². The molecule has 0 spiro atoms. The normalized spacial score (nSPS) is 17.8. The molecule has 0 N–H and O–H groups in total. The summed E-state index contributed by atoms with van der Waals surface area (Å²) >= 11 is 0. The molecule has 4 aromatic rings. The molecular weight excluding hydrogens is 553 g/mol. The Balaban J connectivity index is 1.52. The Morgan fingerprint density at radius 2 is 1.05 bits per heavy atom. The molecule has 3 unspecified atom stereocenters. The maximum Gasteiger partial charge on any atom is 0.140 e. The molecule has 208 valence electrons. The van der Waals surface area contributed by atoms with Gasteiger partial charge in [-0.2, -0.15) is 0 Å². The van der Waals surface area contributed by atoms with Crippen molar-refractivity contribution < 1.29 is 4.57 Å². The van der Waals surface area contributed by atoms with Gasteiger partial charge in [0, 0.05) is 22.7 Å². The first-order chi connectivity index (χ1) is 19.9. The summed E-state index contributed by atoms with van der Waals surface area (Å²) in [5.74, 6) is 0.0925. The average Bonchev–Trinajstić information content (AvgIpc) is 3.04. The predicted molar refractivity (Wildman–Crippen MR) is 189 cm³/mol. The molecule has 0 aliphatic heterocycles. The fourth-order valence-electron chi connectivity index (χ4n) is 5.74. The largest absolute Gasteiger partial charge is 0.314 e. The molecule has 0 heterocycles. The van der Waals surface area contributed by atoms with Crippen LogP contribution < -0.4 is 21.2 Å². The molecular formula is C37H39OP3. The first-order valence-electron chi connectivity index (χ1n) is 14.2. The molecule has 3 atom stereocenters. The van der Waals surface area contributed by atoms with Crippen LogP contribution in [0.2, 0.25) is 0 Å². The third-order valence-electron chi connectivity index (χ3n) is 8.31. The van der Waals surface area contributed by atoms with E-state index in [2.05, 4.69) is 104 Å². The molecule has 0 aromatic heterocycles. The average molecular weight is 593 g/mol. The first-order valence-corrected chi connectivity index (χ1v) is 20.6. The van der Waals surface area contributed by atoms with Crippen molar-refractivity contribution in [2.75, 3.05) is 24.6 Å². The molecule has 1 nitrogen and oxygen atoms in total. The van der Waals surface area contributed by atoms with Gasteiger partial charge < -0.3 is 4.57 Å². The molecule has 0 bridgehead atoms. The molecule has 0 saturated carbocycles. The van der Waals surface area contributed by atoms with Crippen molar-refractivity contribution in [3.8, 4) is 0 Å². The number of allylic oxidation sites excluding steroid dienone is 3. The third kappa shape index (κ3) is 6.41. The third-order valence-corrected chi connectivity index (χ3v) is 19.5. The van der Waals surface area contributed by atoms with E-state index in [9.17, 15) is 0 Å². The van der Waals surface area contributed by atoms with E-state index in [4.69, 9.17) is 12.6 Å². The SMILES string of the molecule is C=P(CCP(=C)(c1ccccc1)c1ccccc1)(CCP(=O)(C1=CC=C=CC1C)c1ccccc1)c1ccccc1. The van der Waals surface area contributed by atoms with Crippen LogP contribution in [0, 0.1) is 5.92 Å². The lowest BCUT2D eigenvalue weighted by Gasteiger charge is -2.33. The number of benzene rings is 4. The van der Waals surface area contributed by atoms with Gasteiger partial charge in [-0.1, -0.05) is 155 Å². The maximum atomic E-state index is 15.2. The highest BCUT2D eigenvalue weighted by Gasteiger charge is 2.34. The molecule has 1 aliphatic rings. The van der Waals surface area contributed by atoms with Crippen LogP contribution in [0.1, 0.15) is 6.92 Å². The van der Waals surface area contributed by atoms with Gasteiger partial charge in [0.2, 0.25) is 0 Å². The van der Waals surface area contributed by atoms with E-state index in [1.165, 1.54) is 15.9 Å². The highest BCUT2D eigenvalue weighted by atomic mass is 31.2. The quantitative estimate of drug-likeness (QED) is 0.128. The molecule has 0 fully saturated rings. The van der Waals surface area contributed by atoms with Gasteiger partial charge in [-0.3, -0.25) is 0 Å². The first kappa shape index (κ1) is 29.5. The van der Waals surface area contributed by atoms with E-state index >= 15 is 4.57 Å². The van der Waals surface area contributed by atoms with Crippen LogP contribution in [0.15, 0.2) is 151 Å². The second-order valence-corrected chi connectivity index (χ2v) is 21.0. The predicted octanol–water partition coefficient (Wildman–Crippen LogP) is 7.80. The van der Waals surface area contributed by atoms with Crippen molar-refractivity contribution in [1.29, 1.82) is 0 Å². The molecule has 0 amide bonds. The van der Waals surface area contributed by atoms with Gasteiger partial charge in [-0.15, -0.1) is 5.73 Å². The number of hydrogen-bond donors (Lipinski definition) is 0. The Bertz CT molecular complexity index is 1650. The fourth-order valence-corrected chi connectivity index (χ4v) is 17.7. The van der Waals surface area contributed by atoms with Crippen LogP contribution in [0.5, 0.6) is 0 Å². The zero-order chi connectivity index (χ0) is 28.8. The lowest BCUT2D eigenvalue weighted by atomic mass is 10.1. The topological polar surface area (TPSA) is 17.1 Å². The van der Waals surface area contributed by atoms with Crippen molar-refractivity contribution in [3.63, 3.8) is 0 Å². The summed E-state index contributed by atoms with van der Waals surface area (Å²) in [5, 5.41) is 5.91. The molecule has 4 heteroatoms. The van der Waals surface area contributed by atoms with Crippen LogP contribution in [0.4, 0.5) is 0 Å². The van der Waals surface area contributed by atoms with Gasteiger partial charge >= 0.3 is 0 Å². The summed E-state index contributed by atoms with van der Waals surface area (Å²) in [5.41, 5.74) is 3.20. The summed E-state index contributed by atoms with van der Waals surface area (Å²) in [6, 6.07) is 42.5. The smallest absolute Gasteiger partial charge is 0.140 e. The van der Waals surface area contributed by atoms with Crippen LogP contribution in [-0.4, -0.2) is 37.2 Å². The van der Waals surface area contributed by atoms with E-state index < -0.39 is 20.9 Å². The maximum absolute atomic E-state index is 15.2. The fraction of sp³-hybridized carbons (Fsp3) is 0.162. The van der Waals surface area contributed by atoms with Crippen LogP contribution in [0.3, 0.4) is 0 Å². The van der Waals surface area contributed by atoms with Gasteiger partial charge in [0.15, 0.2) is 0 Å². The zero-order valence-electron chi connectivity index (χ0n) is 23.8. The van der Waals surface area contributed by atoms with Gasteiger partial charge in [-0.05, 0) is 52.6 Å². The molecule has 41 heavy (non-hydrogen) atoms. The second-order valence-electron chi connectivity index (χ2n) is 11.0. The van der Waals surface area contributed by atoms with E-state index in [-0.39, 0.29) is 5.92 Å². The van der Waals surface area contributed by atoms with Crippen molar-refractivity contribution in [1.82, 2.24) is 0 Å². The molecule has 1 aliphatic carbocycles. The zero-order valence-corrected chi connectivity index (χ0v) is 26.5. The lowest BCUT2D eigenvalue weighted by molar-refractivity contribution is 0.583. The minimum Gasteiger partial charge on any atom is -0.314 e. The summed E-state index contributed by atoms with van der Waals surface area (Å²) < 4.78 is 15.2. The molecule has 0 saturated heterocycles. The van der Waals surface area contributed by atoms with Crippen molar-refractivity contribution >= 4 is 54.7 Å². The Kier molecular flexibility index (Phi) is 9.25. The summed E-state index contributed by atoms with van der Waals surface area (Å²) in [4.78, 5) is 0. The van der Waals surface area contributed by atoms with E-state index in [0.717, 1.165) is 29.1 Å². The van der Waals surface area contributed by atoms with Crippen LogP contribution >= 0.6 is 20.9 Å².